The van der Waals surface area contributed by atoms with Crippen LogP contribution in [0, 0.1) is 0 Å². The van der Waals surface area contributed by atoms with Crippen LogP contribution in [0.15, 0.2) is 30.5 Å². The molecule has 1 aromatic carbocycles. The number of ketones is 1. The predicted molar refractivity (Wildman–Crippen MR) is 79.6 cm³/mol. The molecule has 0 bridgehead atoms. The maximum Gasteiger partial charge on any atom is 0.359 e. The van der Waals surface area contributed by atoms with Crippen molar-refractivity contribution < 1.29 is 23.9 Å². The van der Waals surface area contributed by atoms with Crippen molar-refractivity contribution in [2.45, 2.75) is 0 Å². The molecule has 2 rings (SSSR count). The molecular formula is C15H15N3O5. The lowest BCUT2D eigenvalue weighted by Crippen LogP contribution is -2.13. The maximum absolute atomic E-state index is 11.7. The summed E-state index contributed by atoms with van der Waals surface area (Å²) in [5, 5.41) is 4.05. The van der Waals surface area contributed by atoms with Crippen molar-refractivity contribution in [3.63, 3.8) is 0 Å². The van der Waals surface area contributed by atoms with Gasteiger partial charge in [0.2, 0.25) is 0 Å². The summed E-state index contributed by atoms with van der Waals surface area (Å²) in [6, 6.07) is 6.42. The van der Waals surface area contributed by atoms with Crippen LogP contribution in [0.5, 0.6) is 0 Å². The van der Waals surface area contributed by atoms with Crippen molar-refractivity contribution >= 4 is 17.7 Å². The van der Waals surface area contributed by atoms with Crippen molar-refractivity contribution in [3.05, 3.63) is 47.3 Å². The molecule has 8 heteroatoms. The van der Waals surface area contributed by atoms with Gasteiger partial charge in [-0.3, -0.25) is 4.79 Å². The summed E-state index contributed by atoms with van der Waals surface area (Å²) in [5.41, 5.74) is 6.16. The third kappa shape index (κ3) is 3.27. The number of carbonyl (C=O) groups is 3. The second-order valence-corrected chi connectivity index (χ2v) is 4.49. The minimum Gasteiger partial charge on any atom is -0.465 e. The van der Waals surface area contributed by atoms with Crippen LogP contribution >= 0.6 is 0 Å². The molecule has 8 nitrogen and oxygen atoms in total. The number of hydrogen-bond acceptors (Lipinski definition) is 7. The van der Waals surface area contributed by atoms with E-state index in [1.54, 1.807) is 24.3 Å². The van der Waals surface area contributed by atoms with Gasteiger partial charge in [0, 0.05) is 11.8 Å². The zero-order valence-electron chi connectivity index (χ0n) is 12.6. The fourth-order valence-electron chi connectivity index (χ4n) is 1.93. The van der Waals surface area contributed by atoms with Crippen molar-refractivity contribution in [3.8, 4) is 5.69 Å². The van der Waals surface area contributed by atoms with Gasteiger partial charge in [0.25, 0.3) is 0 Å². The van der Waals surface area contributed by atoms with Gasteiger partial charge in [-0.15, -0.1) is 0 Å². The van der Waals surface area contributed by atoms with Gasteiger partial charge in [0.15, 0.2) is 11.5 Å². The Labute approximate surface area is 131 Å². The normalized spacial score (nSPS) is 10.2. The molecular weight excluding hydrogens is 302 g/mol. The molecule has 0 unspecified atom stereocenters. The van der Waals surface area contributed by atoms with Crippen LogP contribution < -0.4 is 5.73 Å². The highest BCUT2D eigenvalue weighted by molar-refractivity contribution is 6.01. The van der Waals surface area contributed by atoms with Gasteiger partial charge in [-0.2, -0.15) is 5.10 Å². The third-order valence-electron chi connectivity index (χ3n) is 3.14. The van der Waals surface area contributed by atoms with Crippen LogP contribution in [0.25, 0.3) is 5.69 Å². The quantitative estimate of drug-likeness (QED) is 0.634. The molecule has 0 aliphatic heterocycles. The number of nitrogens with zero attached hydrogens (tertiary/aromatic N) is 2. The molecule has 1 aromatic heterocycles. The van der Waals surface area contributed by atoms with Crippen LogP contribution in [0.3, 0.4) is 0 Å². The van der Waals surface area contributed by atoms with Gasteiger partial charge >= 0.3 is 11.9 Å². The predicted octanol–water partition coefficient (Wildman–Crippen LogP) is 0.587. The van der Waals surface area contributed by atoms with Gasteiger partial charge in [-0.1, -0.05) is 0 Å². The van der Waals surface area contributed by atoms with Crippen molar-refractivity contribution in [2.75, 3.05) is 20.8 Å². The standard InChI is InChI=1S/C15H15N3O5/c1-22-14(20)11-8-18(17-13(11)15(21)23-2)10-5-3-9(4-6-10)12(19)7-16/h3-6,8H,7,16H2,1-2H3. The Morgan fingerprint density at radius 2 is 1.70 bits per heavy atom. The molecule has 0 aliphatic carbocycles. The molecule has 23 heavy (non-hydrogen) atoms. The first-order valence-corrected chi connectivity index (χ1v) is 6.61. The lowest BCUT2D eigenvalue weighted by atomic mass is 10.1. The Bertz CT molecular complexity index is 715. The monoisotopic (exact) mass is 317 g/mol. The number of nitrogens with two attached hydrogens (primary N) is 1. The summed E-state index contributed by atoms with van der Waals surface area (Å²) < 4.78 is 10.6. The van der Waals surface area contributed by atoms with Crippen molar-refractivity contribution in [1.29, 1.82) is 0 Å². The number of ether oxygens (including phenoxy) is 2. The molecule has 0 radical (unpaired) electrons. The molecule has 1 heterocycles. The van der Waals surface area contributed by atoms with Crippen molar-refractivity contribution in [1.82, 2.24) is 9.78 Å². The average Bonchev–Trinajstić information content (AvgIpc) is 3.05. The summed E-state index contributed by atoms with van der Waals surface area (Å²) in [6.45, 7) is -0.0832. The van der Waals surface area contributed by atoms with E-state index >= 15 is 0 Å². The zero-order chi connectivity index (χ0) is 17.0. The lowest BCUT2D eigenvalue weighted by Gasteiger charge is -2.02. The average molecular weight is 317 g/mol. The first-order chi connectivity index (χ1) is 11.0. The first-order valence-electron chi connectivity index (χ1n) is 6.61. The minimum atomic E-state index is -0.751. The van der Waals surface area contributed by atoms with Crippen LogP contribution in [0.4, 0.5) is 0 Å². The number of methoxy groups -OCH3 is 2. The van der Waals surface area contributed by atoms with Gasteiger partial charge < -0.3 is 15.2 Å². The maximum atomic E-state index is 11.7. The lowest BCUT2D eigenvalue weighted by molar-refractivity contribution is 0.0552. The second-order valence-electron chi connectivity index (χ2n) is 4.49. The van der Waals surface area contributed by atoms with Crippen LogP contribution in [0.1, 0.15) is 31.2 Å². The number of Topliss-reactive ketones (excluding diaryl/α,β-unsaturated/α-hetero) is 1. The van der Waals surface area contributed by atoms with Gasteiger partial charge in [-0.05, 0) is 24.3 Å². The number of rotatable bonds is 5. The molecule has 2 N–H and O–H groups in total. The molecule has 0 fully saturated rings. The van der Waals surface area contributed by atoms with E-state index in [1.165, 1.54) is 25.1 Å². The summed E-state index contributed by atoms with van der Waals surface area (Å²) in [7, 11) is 2.39. The Balaban J connectivity index is 2.43. The molecule has 0 aliphatic rings. The number of carbonyl (C=O) groups excluding carboxylic acids is 3. The van der Waals surface area contributed by atoms with E-state index in [-0.39, 0.29) is 23.6 Å². The van der Waals surface area contributed by atoms with E-state index in [0.717, 1.165) is 0 Å². The largest absolute Gasteiger partial charge is 0.465 e. The fourth-order valence-corrected chi connectivity index (χ4v) is 1.93. The van der Waals surface area contributed by atoms with E-state index in [4.69, 9.17) is 5.73 Å². The van der Waals surface area contributed by atoms with Crippen LogP contribution in [-0.2, 0) is 9.47 Å². The Morgan fingerprint density at radius 1 is 1.09 bits per heavy atom. The number of hydrogen-bond donors (Lipinski definition) is 1. The fraction of sp³-hybridized carbons (Fsp3) is 0.200. The van der Waals surface area contributed by atoms with E-state index in [1.807, 2.05) is 0 Å². The Morgan fingerprint density at radius 3 is 2.22 bits per heavy atom. The minimum absolute atomic E-state index is 0.0125. The van der Waals surface area contributed by atoms with Crippen molar-refractivity contribution in [2.24, 2.45) is 5.73 Å². The van der Waals surface area contributed by atoms with E-state index < -0.39 is 11.9 Å². The summed E-state index contributed by atoms with van der Waals surface area (Å²) >= 11 is 0. The van der Waals surface area contributed by atoms with Gasteiger partial charge in [0.05, 0.1) is 26.5 Å². The molecule has 120 valence electrons. The Hall–Kier alpha value is -3.00. The van der Waals surface area contributed by atoms with Crippen LogP contribution in [0.2, 0.25) is 0 Å². The summed E-state index contributed by atoms with van der Waals surface area (Å²) in [4.78, 5) is 35.0. The Kier molecular flexibility index (Phi) is 4.87. The molecule has 0 atom stereocenters. The number of esters is 2. The highest BCUT2D eigenvalue weighted by atomic mass is 16.5. The highest BCUT2D eigenvalue weighted by Crippen LogP contribution is 2.15. The molecule has 2 aromatic rings. The van der Waals surface area contributed by atoms with E-state index in [2.05, 4.69) is 14.6 Å². The molecule has 0 saturated heterocycles. The molecule has 0 saturated carbocycles. The summed E-state index contributed by atoms with van der Waals surface area (Å²) in [6.07, 6.45) is 1.36. The smallest absolute Gasteiger partial charge is 0.359 e. The van der Waals surface area contributed by atoms with Crippen LogP contribution in [-0.4, -0.2) is 48.3 Å². The molecule has 0 spiro atoms. The van der Waals surface area contributed by atoms with Gasteiger partial charge in [-0.25, -0.2) is 14.3 Å². The van der Waals surface area contributed by atoms with E-state index in [0.29, 0.717) is 11.3 Å². The first kappa shape index (κ1) is 16.4. The SMILES string of the molecule is COC(=O)c1cn(-c2ccc(C(=O)CN)cc2)nc1C(=O)OC. The van der Waals surface area contributed by atoms with Gasteiger partial charge in [0.1, 0.15) is 5.56 Å². The third-order valence-corrected chi connectivity index (χ3v) is 3.14. The second kappa shape index (κ2) is 6.84. The zero-order valence-corrected chi connectivity index (χ0v) is 12.6. The highest BCUT2D eigenvalue weighted by Gasteiger charge is 2.23. The topological polar surface area (TPSA) is 114 Å². The molecule has 0 amide bonds. The number of benzene rings is 1. The number of aromatic nitrogens is 2. The van der Waals surface area contributed by atoms with E-state index in [9.17, 15) is 14.4 Å². The summed E-state index contributed by atoms with van der Waals surface area (Å²) in [5.74, 6) is -1.65.